The van der Waals surface area contributed by atoms with Crippen molar-refractivity contribution in [1.82, 2.24) is 4.90 Å². The van der Waals surface area contributed by atoms with E-state index in [0.29, 0.717) is 33.4 Å². The topological polar surface area (TPSA) is 92.1 Å². The number of amides is 2. The van der Waals surface area contributed by atoms with Crippen LogP contribution in [-0.4, -0.2) is 55.5 Å². The van der Waals surface area contributed by atoms with E-state index in [9.17, 15) is 9.59 Å². The van der Waals surface area contributed by atoms with Gasteiger partial charge >= 0.3 is 0 Å². The highest BCUT2D eigenvalue weighted by Gasteiger charge is 2.34. The highest BCUT2D eigenvalue weighted by molar-refractivity contribution is 8.26. The number of ether oxygens (including phenoxy) is 3. The summed E-state index contributed by atoms with van der Waals surface area (Å²) in [6.45, 7) is -0.00694. The van der Waals surface area contributed by atoms with Crippen LogP contribution in [0.3, 0.4) is 0 Å². The summed E-state index contributed by atoms with van der Waals surface area (Å²) >= 11 is 6.51. The first-order valence-corrected chi connectivity index (χ1v) is 11.4. The third-order valence-corrected chi connectivity index (χ3v) is 6.35. The molecule has 176 valence electrons. The molecule has 0 aliphatic carbocycles. The van der Waals surface area contributed by atoms with Crippen LogP contribution in [-0.2, 0) is 9.59 Å². The van der Waals surface area contributed by atoms with Gasteiger partial charge in [-0.05, 0) is 35.9 Å². The van der Waals surface area contributed by atoms with Gasteiger partial charge in [-0.1, -0.05) is 42.2 Å². The van der Waals surface area contributed by atoms with Crippen molar-refractivity contribution in [2.75, 3.05) is 39.3 Å². The molecule has 0 spiro atoms. The summed E-state index contributed by atoms with van der Waals surface area (Å²) in [7, 11) is 4.53. The van der Waals surface area contributed by atoms with Crippen LogP contribution in [0.1, 0.15) is 12.0 Å². The number of thiocarbonyl (C=S) groups is 1. The highest BCUT2D eigenvalue weighted by Crippen LogP contribution is 2.40. The first-order valence-electron chi connectivity index (χ1n) is 10.2. The van der Waals surface area contributed by atoms with Gasteiger partial charge in [0.1, 0.15) is 10.9 Å². The van der Waals surface area contributed by atoms with Crippen LogP contribution >= 0.6 is 24.0 Å². The smallest absolute Gasteiger partial charge is 0.266 e. The van der Waals surface area contributed by atoms with Gasteiger partial charge in [0.05, 0.1) is 38.7 Å². The Morgan fingerprint density at radius 1 is 1.15 bits per heavy atom. The molecule has 0 radical (unpaired) electrons. The van der Waals surface area contributed by atoms with Crippen LogP contribution in [0.25, 0.3) is 6.08 Å². The maximum Gasteiger partial charge on any atom is 0.266 e. The molecule has 10 heteroatoms. The second kappa shape index (κ2) is 11.5. The van der Waals surface area contributed by atoms with Gasteiger partial charge in [-0.25, -0.2) is 0 Å². The largest absolute Gasteiger partial charge is 0.493 e. The van der Waals surface area contributed by atoms with Gasteiger partial charge in [-0.15, -0.1) is 0 Å². The summed E-state index contributed by atoms with van der Waals surface area (Å²) in [6.07, 6.45) is 1.83. The van der Waals surface area contributed by atoms with Gasteiger partial charge in [0.25, 0.3) is 5.91 Å². The van der Waals surface area contributed by atoms with Crippen molar-refractivity contribution in [1.29, 1.82) is 5.26 Å². The molecule has 1 heterocycles. The lowest BCUT2D eigenvalue weighted by Gasteiger charge is -2.24. The quantitative estimate of drug-likeness (QED) is 0.381. The molecule has 0 N–H and O–H groups in total. The molecule has 3 rings (SSSR count). The fourth-order valence-corrected chi connectivity index (χ4v) is 4.62. The molecule has 1 fully saturated rings. The zero-order valence-electron chi connectivity index (χ0n) is 18.9. The SMILES string of the molecule is COc1cc(C=C2SC(=S)N(CC(=O)N(CCC#N)c3ccccc3)C2=O)cc(OC)c1OC. The monoisotopic (exact) mass is 497 g/mol. The summed E-state index contributed by atoms with van der Waals surface area (Å²) in [6, 6.07) is 14.5. The Kier molecular flexibility index (Phi) is 8.51. The Morgan fingerprint density at radius 2 is 1.79 bits per heavy atom. The molecule has 2 amide bonds. The molecule has 0 atom stereocenters. The molecule has 0 unspecified atom stereocenters. The standard InChI is InChI=1S/C24H23N3O5S2/c1-30-18-12-16(13-19(31-2)22(18)32-3)14-20-23(29)27(24(33)34-20)15-21(28)26(11-7-10-25)17-8-5-4-6-9-17/h4-6,8-9,12-14H,7,11,15H2,1-3H3. The van der Waals surface area contributed by atoms with Crippen LogP contribution < -0.4 is 19.1 Å². The number of nitriles is 1. The van der Waals surface area contributed by atoms with Crippen molar-refractivity contribution < 1.29 is 23.8 Å². The van der Waals surface area contributed by atoms with E-state index in [1.807, 2.05) is 18.2 Å². The fourth-order valence-electron chi connectivity index (χ4n) is 3.36. The zero-order chi connectivity index (χ0) is 24.7. The van der Waals surface area contributed by atoms with E-state index < -0.39 is 0 Å². The lowest BCUT2D eigenvalue weighted by atomic mass is 10.1. The lowest BCUT2D eigenvalue weighted by Crippen LogP contribution is -2.42. The van der Waals surface area contributed by atoms with Crippen molar-refractivity contribution in [3.8, 4) is 23.3 Å². The Labute approximate surface area is 207 Å². The Hall–Kier alpha value is -3.55. The molecule has 34 heavy (non-hydrogen) atoms. The predicted molar refractivity (Wildman–Crippen MR) is 135 cm³/mol. The Morgan fingerprint density at radius 3 is 2.35 bits per heavy atom. The second-order valence-corrected chi connectivity index (χ2v) is 8.69. The minimum Gasteiger partial charge on any atom is -0.493 e. The van der Waals surface area contributed by atoms with E-state index >= 15 is 0 Å². The summed E-state index contributed by atoms with van der Waals surface area (Å²) in [4.78, 5) is 29.3. The molecule has 2 aromatic rings. The van der Waals surface area contributed by atoms with Crippen LogP contribution in [0.2, 0.25) is 0 Å². The van der Waals surface area contributed by atoms with Crippen LogP contribution in [0, 0.1) is 11.3 Å². The minimum absolute atomic E-state index is 0.167. The van der Waals surface area contributed by atoms with Gasteiger partial charge in [-0.3, -0.25) is 14.5 Å². The average Bonchev–Trinajstić information content (AvgIpc) is 3.11. The molecule has 8 nitrogen and oxygen atoms in total. The van der Waals surface area contributed by atoms with Crippen LogP contribution in [0.15, 0.2) is 47.4 Å². The number of methoxy groups -OCH3 is 3. The van der Waals surface area contributed by atoms with Crippen LogP contribution in [0.4, 0.5) is 5.69 Å². The van der Waals surface area contributed by atoms with Gasteiger partial charge in [-0.2, -0.15) is 5.26 Å². The second-order valence-electron chi connectivity index (χ2n) is 7.02. The van der Waals surface area contributed by atoms with E-state index in [4.69, 9.17) is 31.7 Å². The summed E-state index contributed by atoms with van der Waals surface area (Å²) in [5.41, 5.74) is 1.31. The third-order valence-electron chi connectivity index (χ3n) is 4.97. The minimum atomic E-state index is -0.370. The van der Waals surface area contributed by atoms with Gasteiger partial charge in [0.15, 0.2) is 11.5 Å². The van der Waals surface area contributed by atoms with Crippen molar-refractivity contribution >= 4 is 51.9 Å². The van der Waals surface area contributed by atoms with E-state index in [2.05, 4.69) is 6.07 Å². The van der Waals surface area contributed by atoms with Crippen molar-refractivity contribution in [2.45, 2.75) is 6.42 Å². The molecule has 1 aliphatic heterocycles. The summed E-state index contributed by atoms with van der Waals surface area (Å²) in [5.74, 6) is 0.653. The molecule has 0 aromatic heterocycles. The van der Waals surface area contributed by atoms with Crippen LogP contribution in [0.5, 0.6) is 17.2 Å². The molecular weight excluding hydrogens is 474 g/mol. The first kappa shape index (κ1) is 25.1. The zero-order valence-corrected chi connectivity index (χ0v) is 20.6. The summed E-state index contributed by atoms with van der Waals surface area (Å²) in [5, 5.41) is 8.98. The first-order chi connectivity index (χ1) is 16.4. The predicted octanol–water partition coefficient (Wildman–Crippen LogP) is 3.86. The van der Waals surface area contributed by atoms with E-state index in [0.717, 1.165) is 11.8 Å². The van der Waals surface area contributed by atoms with E-state index in [1.54, 1.807) is 30.3 Å². The number of carbonyl (C=O) groups is 2. The Bertz CT molecular complexity index is 1140. The molecule has 0 saturated carbocycles. The number of para-hydroxylation sites is 1. The van der Waals surface area contributed by atoms with Gasteiger partial charge < -0.3 is 19.1 Å². The maximum absolute atomic E-state index is 13.1. The van der Waals surface area contributed by atoms with E-state index in [1.165, 1.54) is 31.1 Å². The third kappa shape index (κ3) is 5.50. The number of thioether (sulfide) groups is 1. The Balaban J connectivity index is 1.84. The molecule has 0 bridgehead atoms. The summed E-state index contributed by atoms with van der Waals surface area (Å²) < 4.78 is 16.4. The van der Waals surface area contributed by atoms with Crippen molar-refractivity contribution in [3.63, 3.8) is 0 Å². The number of hydrogen-bond acceptors (Lipinski definition) is 8. The maximum atomic E-state index is 13.1. The number of nitrogens with zero attached hydrogens (tertiary/aromatic N) is 3. The number of carbonyl (C=O) groups excluding carboxylic acids is 2. The number of hydrogen-bond donors (Lipinski definition) is 0. The van der Waals surface area contributed by atoms with Gasteiger partial charge in [0.2, 0.25) is 11.7 Å². The molecule has 2 aromatic carbocycles. The van der Waals surface area contributed by atoms with Gasteiger partial charge in [0, 0.05) is 12.2 Å². The highest BCUT2D eigenvalue weighted by atomic mass is 32.2. The normalized spacial score (nSPS) is 14.2. The number of anilines is 1. The molecular formula is C24H23N3O5S2. The molecule has 1 aliphatic rings. The molecule has 1 saturated heterocycles. The van der Waals surface area contributed by atoms with E-state index in [-0.39, 0.29) is 35.6 Å². The number of benzene rings is 2. The fraction of sp³-hybridized carbons (Fsp3) is 0.250. The van der Waals surface area contributed by atoms with Crippen molar-refractivity contribution in [3.05, 3.63) is 52.9 Å². The van der Waals surface area contributed by atoms with Crippen molar-refractivity contribution in [2.24, 2.45) is 0 Å². The average molecular weight is 498 g/mol. The lowest BCUT2D eigenvalue weighted by molar-refractivity contribution is -0.127. The number of rotatable bonds is 9.